The molecule has 184 valence electrons. The van der Waals surface area contributed by atoms with Crippen molar-refractivity contribution in [2.75, 3.05) is 31.6 Å². The van der Waals surface area contributed by atoms with Crippen LogP contribution < -0.4 is 15.0 Å². The zero-order valence-corrected chi connectivity index (χ0v) is 20.4. The summed E-state index contributed by atoms with van der Waals surface area (Å²) in [6.07, 6.45) is 5.55. The van der Waals surface area contributed by atoms with E-state index in [1.807, 2.05) is 46.2 Å². The van der Waals surface area contributed by atoms with Crippen LogP contribution in [0.2, 0.25) is 0 Å². The Morgan fingerprint density at radius 2 is 1.83 bits per heavy atom. The third-order valence-corrected chi connectivity index (χ3v) is 6.27. The Labute approximate surface area is 211 Å². The molecule has 2 aromatic heterocycles. The maximum absolute atomic E-state index is 12.3. The van der Waals surface area contributed by atoms with Crippen molar-refractivity contribution >= 4 is 11.6 Å². The van der Waals surface area contributed by atoms with Gasteiger partial charge in [-0.15, -0.1) is 0 Å². The number of piperazine rings is 1. The van der Waals surface area contributed by atoms with E-state index < -0.39 is 0 Å². The van der Waals surface area contributed by atoms with Gasteiger partial charge in [0.15, 0.2) is 0 Å². The van der Waals surface area contributed by atoms with Gasteiger partial charge in [0.05, 0.1) is 31.6 Å². The Bertz CT molecular complexity index is 1310. The van der Waals surface area contributed by atoms with Crippen LogP contribution in [0.1, 0.15) is 16.8 Å². The van der Waals surface area contributed by atoms with Crippen LogP contribution in [0.25, 0.3) is 5.69 Å². The standard InChI is InChI=1S/C28H30N6O2/c1-36-27-8-3-6-23(16-27)20-33(19-22-5-2-7-26(15-22)34-13-4-10-31-34)25-9-11-30-24(17-25)21-32-14-12-29-18-28(32)35/h2-11,13,15-17,29H,12,14,18-21H2,1H3. The van der Waals surface area contributed by atoms with Crippen LogP contribution >= 0.6 is 0 Å². The van der Waals surface area contributed by atoms with Gasteiger partial charge in [0.25, 0.3) is 0 Å². The van der Waals surface area contributed by atoms with Gasteiger partial charge >= 0.3 is 0 Å². The summed E-state index contributed by atoms with van der Waals surface area (Å²) in [5.41, 5.74) is 5.26. The monoisotopic (exact) mass is 482 g/mol. The molecule has 3 heterocycles. The molecular formula is C28H30N6O2. The molecule has 0 atom stereocenters. The highest BCUT2D eigenvalue weighted by Gasteiger charge is 2.19. The SMILES string of the molecule is COc1cccc(CN(Cc2cccc(-n3cccn3)c2)c2ccnc(CN3CCNCC3=O)c2)c1. The largest absolute Gasteiger partial charge is 0.497 e. The zero-order valence-electron chi connectivity index (χ0n) is 20.4. The number of nitrogens with one attached hydrogen (secondary N) is 1. The van der Waals surface area contributed by atoms with Crippen molar-refractivity contribution in [1.82, 2.24) is 25.0 Å². The van der Waals surface area contributed by atoms with Gasteiger partial charge in [-0.05, 0) is 53.6 Å². The van der Waals surface area contributed by atoms with E-state index >= 15 is 0 Å². The minimum absolute atomic E-state index is 0.108. The molecule has 0 radical (unpaired) electrons. The Hall–Kier alpha value is -4.17. The molecule has 0 aliphatic carbocycles. The first kappa shape index (κ1) is 23.6. The summed E-state index contributed by atoms with van der Waals surface area (Å²) in [6, 6.07) is 22.6. The molecule has 1 saturated heterocycles. The fourth-order valence-corrected chi connectivity index (χ4v) is 4.43. The predicted molar refractivity (Wildman–Crippen MR) is 139 cm³/mol. The lowest BCUT2D eigenvalue weighted by atomic mass is 10.1. The van der Waals surface area contributed by atoms with E-state index in [-0.39, 0.29) is 5.91 Å². The summed E-state index contributed by atoms with van der Waals surface area (Å²) in [5.74, 6) is 0.942. The summed E-state index contributed by atoms with van der Waals surface area (Å²) in [6.45, 7) is 3.78. The van der Waals surface area contributed by atoms with Crippen molar-refractivity contribution in [3.05, 3.63) is 102 Å². The number of rotatable bonds is 9. The summed E-state index contributed by atoms with van der Waals surface area (Å²) < 4.78 is 7.32. The molecule has 1 amide bonds. The number of aromatic nitrogens is 3. The van der Waals surface area contributed by atoms with Crippen molar-refractivity contribution in [3.63, 3.8) is 0 Å². The fraction of sp³-hybridized carbons (Fsp3) is 0.250. The lowest BCUT2D eigenvalue weighted by Gasteiger charge is -2.28. The Morgan fingerprint density at radius 1 is 1.00 bits per heavy atom. The van der Waals surface area contributed by atoms with Crippen molar-refractivity contribution in [2.24, 2.45) is 0 Å². The maximum Gasteiger partial charge on any atom is 0.236 e. The Morgan fingerprint density at radius 3 is 2.61 bits per heavy atom. The van der Waals surface area contributed by atoms with E-state index in [9.17, 15) is 4.79 Å². The third kappa shape index (κ3) is 5.72. The van der Waals surface area contributed by atoms with Gasteiger partial charge in [0, 0.05) is 50.5 Å². The van der Waals surface area contributed by atoms with Gasteiger partial charge in [0.2, 0.25) is 5.91 Å². The number of amides is 1. The molecule has 1 fully saturated rings. The molecule has 1 aliphatic rings. The molecule has 8 nitrogen and oxygen atoms in total. The molecule has 5 rings (SSSR count). The van der Waals surface area contributed by atoms with Crippen LogP contribution in [0.15, 0.2) is 85.3 Å². The summed E-state index contributed by atoms with van der Waals surface area (Å²) >= 11 is 0. The molecule has 4 aromatic rings. The average molecular weight is 483 g/mol. The van der Waals surface area contributed by atoms with E-state index in [4.69, 9.17) is 4.74 Å². The second kappa shape index (κ2) is 11.0. The van der Waals surface area contributed by atoms with Gasteiger partial charge in [0.1, 0.15) is 5.75 Å². The second-order valence-corrected chi connectivity index (χ2v) is 8.83. The van der Waals surface area contributed by atoms with E-state index in [0.29, 0.717) is 32.7 Å². The van der Waals surface area contributed by atoms with Gasteiger partial charge in [-0.3, -0.25) is 9.78 Å². The molecule has 2 aromatic carbocycles. The Balaban J connectivity index is 1.43. The van der Waals surface area contributed by atoms with Gasteiger partial charge < -0.3 is 19.9 Å². The van der Waals surface area contributed by atoms with E-state index in [0.717, 1.165) is 34.9 Å². The van der Waals surface area contributed by atoms with Crippen molar-refractivity contribution < 1.29 is 9.53 Å². The molecule has 0 unspecified atom stereocenters. The minimum Gasteiger partial charge on any atom is -0.497 e. The minimum atomic E-state index is 0.108. The topological polar surface area (TPSA) is 75.5 Å². The highest BCUT2D eigenvalue weighted by Crippen LogP contribution is 2.24. The number of hydrogen-bond acceptors (Lipinski definition) is 6. The van der Waals surface area contributed by atoms with Crippen LogP contribution in [0, 0.1) is 0 Å². The maximum atomic E-state index is 12.3. The molecule has 0 saturated carbocycles. The smallest absolute Gasteiger partial charge is 0.236 e. The molecular weight excluding hydrogens is 452 g/mol. The van der Waals surface area contributed by atoms with Crippen LogP contribution in [0.5, 0.6) is 5.75 Å². The molecule has 1 aliphatic heterocycles. The normalized spacial score (nSPS) is 13.6. The number of carbonyl (C=O) groups is 1. The summed E-state index contributed by atoms with van der Waals surface area (Å²) in [4.78, 5) is 21.0. The van der Waals surface area contributed by atoms with Gasteiger partial charge in [-0.1, -0.05) is 24.3 Å². The van der Waals surface area contributed by atoms with Crippen LogP contribution in [-0.2, 0) is 24.4 Å². The first-order valence-corrected chi connectivity index (χ1v) is 12.1. The van der Waals surface area contributed by atoms with Crippen LogP contribution in [0.3, 0.4) is 0 Å². The first-order chi connectivity index (χ1) is 17.7. The average Bonchev–Trinajstić information content (AvgIpc) is 3.46. The lowest BCUT2D eigenvalue weighted by Crippen LogP contribution is -2.47. The summed E-state index contributed by atoms with van der Waals surface area (Å²) in [5, 5.41) is 7.49. The molecule has 1 N–H and O–H groups in total. The van der Waals surface area contributed by atoms with E-state index in [1.54, 1.807) is 13.3 Å². The van der Waals surface area contributed by atoms with Crippen LogP contribution in [0.4, 0.5) is 5.69 Å². The van der Waals surface area contributed by atoms with Gasteiger partial charge in [-0.2, -0.15) is 5.10 Å². The highest BCUT2D eigenvalue weighted by atomic mass is 16.5. The van der Waals surface area contributed by atoms with E-state index in [1.165, 1.54) is 5.56 Å². The number of anilines is 1. The molecule has 36 heavy (non-hydrogen) atoms. The number of pyridine rings is 1. The van der Waals surface area contributed by atoms with Crippen molar-refractivity contribution in [3.8, 4) is 11.4 Å². The zero-order chi connectivity index (χ0) is 24.7. The van der Waals surface area contributed by atoms with Gasteiger partial charge in [-0.25, -0.2) is 4.68 Å². The lowest BCUT2D eigenvalue weighted by molar-refractivity contribution is -0.132. The third-order valence-electron chi connectivity index (χ3n) is 6.27. The van der Waals surface area contributed by atoms with Crippen molar-refractivity contribution in [1.29, 1.82) is 0 Å². The second-order valence-electron chi connectivity index (χ2n) is 8.83. The van der Waals surface area contributed by atoms with Crippen LogP contribution in [-0.4, -0.2) is 52.3 Å². The van der Waals surface area contributed by atoms with E-state index in [2.05, 4.69) is 62.8 Å². The molecule has 0 bridgehead atoms. The van der Waals surface area contributed by atoms with Crippen molar-refractivity contribution in [2.45, 2.75) is 19.6 Å². The molecule has 0 spiro atoms. The number of nitrogens with zero attached hydrogens (tertiary/aromatic N) is 5. The highest BCUT2D eigenvalue weighted by molar-refractivity contribution is 5.79. The number of hydrogen-bond donors (Lipinski definition) is 1. The number of benzene rings is 2. The number of methoxy groups -OCH3 is 1. The number of ether oxygens (including phenoxy) is 1. The predicted octanol–water partition coefficient (Wildman–Crippen LogP) is 3.41. The quantitative estimate of drug-likeness (QED) is 0.394. The number of carbonyl (C=O) groups excluding carboxylic acids is 1. The Kier molecular flexibility index (Phi) is 7.23. The summed E-state index contributed by atoms with van der Waals surface area (Å²) in [7, 11) is 1.68. The fourth-order valence-electron chi connectivity index (χ4n) is 4.43. The molecule has 8 heteroatoms. The first-order valence-electron chi connectivity index (χ1n) is 12.1.